The maximum Gasteiger partial charge on any atom is 0.419 e. The Morgan fingerprint density at radius 3 is 2.75 bits per heavy atom. The Hall–Kier alpha value is -4.42. The number of esters is 1. The molecule has 0 atom stereocenters. The van der Waals surface area contributed by atoms with Crippen molar-refractivity contribution in [2.45, 2.75) is 25.9 Å². The lowest BCUT2D eigenvalue weighted by Crippen LogP contribution is -2.41. The van der Waals surface area contributed by atoms with Crippen LogP contribution in [0.15, 0.2) is 50.2 Å². The van der Waals surface area contributed by atoms with Gasteiger partial charge in [0.25, 0.3) is 11.6 Å². The van der Waals surface area contributed by atoms with Crippen LogP contribution in [0.4, 0.5) is 10.5 Å². The predicted molar refractivity (Wildman–Crippen MR) is 106 cm³/mol. The van der Waals surface area contributed by atoms with Crippen LogP contribution in [-0.2, 0) is 27.4 Å². The lowest BCUT2D eigenvalue weighted by molar-refractivity contribution is -0.384. The van der Waals surface area contributed by atoms with Crippen molar-refractivity contribution in [2.75, 3.05) is 6.61 Å². The minimum absolute atomic E-state index is 0.0637. The summed E-state index contributed by atoms with van der Waals surface area (Å²) < 4.78 is 16.1. The van der Waals surface area contributed by atoms with Crippen LogP contribution in [0.5, 0.6) is 0 Å². The van der Waals surface area contributed by atoms with Crippen LogP contribution < -0.4 is 16.4 Å². The molecule has 3 rings (SSSR count). The fraction of sp³-hybridized carbons (Fsp3) is 0.263. The molecule has 0 spiro atoms. The van der Waals surface area contributed by atoms with E-state index in [-0.39, 0.29) is 37.2 Å². The Labute approximate surface area is 179 Å². The minimum atomic E-state index is -0.811. The first-order valence-electron chi connectivity index (χ1n) is 9.37. The van der Waals surface area contributed by atoms with Gasteiger partial charge in [0.05, 0.1) is 29.3 Å². The molecule has 168 valence electrons. The van der Waals surface area contributed by atoms with Gasteiger partial charge in [-0.1, -0.05) is 0 Å². The summed E-state index contributed by atoms with van der Waals surface area (Å²) in [5.74, 6) is -1.72. The summed E-state index contributed by atoms with van der Waals surface area (Å²) in [6.45, 7) is -0.466. The van der Waals surface area contributed by atoms with Crippen molar-refractivity contribution < 1.29 is 32.9 Å². The van der Waals surface area contributed by atoms with E-state index in [0.717, 1.165) is 6.07 Å². The number of fused-ring (bicyclic) bond motifs is 1. The number of carbonyl (C=O) groups is 3. The van der Waals surface area contributed by atoms with E-state index in [9.17, 15) is 29.3 Å². The molecule has 0 fully saturated rings. The van der Waals surface area contributed by atoms with Crippen molar-refractivity contribution in [1.82, 2.24) is 15.2 Å². The number of non-ortho nitro benzene ring substituents is 1. The number of carbonyl (C=O) groups excluding carboxylic acids is 3. The van der Waals surface area contributed by atoms with Crippen LogP contribution >= 0.6 is 0 Å². The van der Waals surface area contributed by atoms with E-state index in [1.54, 1.807) is 12.1 Å². The number of imide groups is 1. The topological polar surface area (TPSA) is 176 Å². The van der Waals surface area contributed by atoms with E-state index in [1.165, 1.54) is 23.0 Å². The van der Waals surface area contributed by atoms with Crippen LogP contribution in [0, 0.1) is 10.1 Å². The number of benzene rings is 1. The average molecular weight is 446 g/mol. The Morgan fingerprint density at radius 1 is 1.22 bits per heavy atom. The number of amides is 3. The smallest absolute Gasteiger partial charge is 0.419 e. The van der Waals surface area contributed by atoms with E-state index in [2.05, 4.69) is 5.32 Å². The molecular weight excluding hydrogens is 428 g/mol. The highest BCUT2D eigenvalue weighted by Crippen LogP contribution is 2.20. The molecule has 0 aliphatic rings. The fourth-order valence-corrected chi connectivity index (χ4v) is 2.77. The molecule has 0 aliphatic heterocycles. The Bertz CT molecular complexity index is 1190. The summed E-state index contributed by atoms with van der Waals surface area (Å²) in [5, 5.41) is 15.2. The zero-order valence-corrected chi connectivity index (χ0v) is 16.6. The highest BCUT2D eigenvalue weighted by Gasteiger charge is 2.15. The lowest BCUT2D eigenvalue weighted by atomic mass is 10.2. The van der Waals surface area contributed by atoms with Crippen LogP contribution in [-0.4, -0.2) is 34.0 Å². The van der Waals surface area contributed by atoms with Crippen LogP contribution in [0.3, 0.4) is 0 Å². The van der Waals surface area contributed by atoms with Crippen molar-refractivity contribution in [3.8, 4) is 0 Å². The number of rotatable bonds is 9. The van der Waals surface area contributed by atoms with Crippen LogP contribution in [0.1, 0.15) is 18.6 Å². The van der Waals surface area contributed by atoms with E-state index in [0.29, 0.717) is 11.3 Å². The molecule has 1 aromatic carbocycles. The first kappa shape index (κ1) is 22.3. The van der Waals surface area contributed by atoms with Gasteiger partial charge in [-0.2, -0.15) is 0 Å². The number of nitro benzene ring substituents is 1. The van der Waals surface area contributed by atoms with Crippen molar-refractivity contribution in [2.24, 2.45) is 0 Å². The molecule has 0 aliphatic carbocycles. The van der Waals surface area contributed by atoms with Crippen molar-refractivity contribution >= 4 is 34.7 Å². The van der Waals surface area contributed by atoms with Crippen molar-refractivity contribution in [3.05, 3.63) is 63.0 Å². The number of nitrogens with one attached hydrogen (secondary N) is 2. The summed E-state index contributed by atoms with van der Waals surface area (Å²) >= 11 is 0. The summed E-state index contributed by atoms with van der Waals surface area (Å²) in [6.07, 6.45) is 1.52. The number of urea groups is 1. The molecular formula is C19H18N4O9. The third kappa shape index (κ3) is 5.81. The molecule has 3 aromatic rings. The number of nitrogens with zero attached hydrogens (tertiary/aromatic N) is 2. The van der Waals surface area contributed by atoms with Gasteiger partial charge in [0.1, 0.15) is 5.76 Å². The zero-order valence-electron chi connectivity index (χ0n) is 16.6. The van der Waals surface area contributed by atoms with Gasteiger partial charge in [-0.15, -0.1) is 0 Å². The molecule has 3 amide bonds. The molecule has 0 unspecified atom stereocenters. The second-order valence-corrected chi connectivity index (χ2v) is 6.50. The molecule has 2 heterocycles. The molecule has 2 N–H and O–H groups in total. The molecule has 0 radical (unpaired) electrons. The first-order chi connectivity index (χ1) is 15.3. The highest BCUT2D eigenvalue weighted by atomic mass is 16.6. The summed E-state index contributed by atoms with van der Waals surface area (Å²) in [6, 6.07) is 6.30. The molecule has 2 aromatic heterocycles. The maximum absolute atomic E-state index is 12.0. The normalized spacial score (nSPS) is 10.6. The second-order valence-electron chi connectivity index (χ2n) is 6.50. The number of hydrogen-bond acceptors (Lipinski definition) is 9. The number of nitro groups is 1. The van der Waals surface area contributed by atoms with Gasteiger partial charge in [-0.3, -0.25) is 29.6 Å². The van der Waals surface area contributed by atoms with E-state index >= 15 is 0 Å². The van der Waals surface area contributed by atoms with Gasteiger partial charge >= 0.3 is 17.8 Å². The van der Waals surface area contributed by atoms with E-state index in [4.69, 9.17) is 13.6 Å². The fourth-order valence-electron chi connectivity index (χ4n) is 2.77. The Kier molecular flexibility index (Phi) is 7.00. The molecule has 13 heteroatoms. The summed E-state index contributed by atoms with van der Waals surface area (Å²) in [5.41, 5.74) is 0.206. The van der Waals surface area contributed by atoms with Crippen LogP contribution in [0.25, 0.3) is 11.1 Å². The van der Waals surface area contributed by atoms with Crippen LogP contribution in [0.2, 0.25) is 0 Å². The number of oxazole rings is 1. The summed E-state index contributed by atoms with van der Waals surface area (Å²) in [4.78, 5) is 57.2. The average Bonchev–Trinajstić information content (AvgIpc) is 3.38. The predicted octanol–water partition coefficient (Wildman–Crippen LogP) is 1.45. The minimum Gasteiger partial charge on any atom is -0.467 e. The quantitative estimate of drug-likeness (QED) is 0.280. The molecule has 13 nitrogen and oxygen atoms in total. The van der Waals surface area contributed by atoms with Gasteiger partial charge in [0.2, 0.25) is 0 Å². The third-order valence-corrected chi connectivity index (χ3v) is 4.25. The Morgan fingerprint density at radius 2 is 2.03 bits per heavy atom. The number of hydrogen-bond donors (Lipinski definition) is 2. The number of aromatic nitrogens is 1. The highest BCUT2D eigenvalue weighted by molar-refractivity contribution is 5.95. The third-order valence-electron chi connectivity index (χ3n) is 4.25. The van der Waals surface area contributed by atoms with Gasteiger partial charge in [0.15, 0.2) is 12.2 Å². The molecule has 0 saturated carbocycles. The van der Waals surface area contributed by atoms with Gasteiger partial charge < -0.3 is 18.9 Å². The first-order valence-corrected chi connectivity index (χ1v) is 9.37. The zero-order chi connectivity index (χ0) is 23.1. The van der Waals surface area contributed by atoms with Gasteiger partial charge in [0, 0.05) is 19.0 Å². The molecule has 32 heavy (non-hydrogen) atoms. The molecule has 0 bridgehead atoms. The number of ether oxygens (including phenoxy) is 1. The Balaban J connectivity index is 1.40. The number of aryl methyl sites for hydroxylation is 1. The largest absolute Gasteiger partial charge is 0.467 e. The second kappa shape index (κ2) is 10.1. The monoisotopic (exact) mass is 446 g/mol. The van der Waals surface area contributed by atoms with E-state index in [1.807, 2.05) is 5.32 Å². The van der Waals surface area contributed by atoms with E-state index < -0.39 is 35.2 Å². The summed E-state index contributed by atoms with van der Waals surface area (Å²) in [7, 11) is 0. The standard InChI is InChI=1S/C19H18N4O9/c24-16(21-18(26)20-10-13-3-2-8-30-13)11-31-17(25)4-1-7-22-14-6-5-12(23(28)29)9-15(14)32-19(22)27/h2-3,5-6,8-9H,1,4,7,10-11H2,(H2,20,21,24,26). The maximum atomic E-state index is 12.0. The lowest BCUT2D eigenvalue weighted by Gasteiger charge is -2.07. The van der Waals surface area contributed by atoms with Crippen molar-refractivity contribution in [1.29, 1.82) is 0 Å². The molecule has 0 saturated heterocycles. The SMILES string of the molecule is O=C(COC(=O)CCCn1c(=O)oc2cc([N+](=O)[O-])ccc21)NC(=O)NCc1ccco1. The van der Waals surface area contributed by atoms with Crippen molar-refractivity contribution in [3.63, 3.8) is 0 Å². The van der Waals surface area contributed by atoms with Gasteiger partial charge in [-0.25, -0.2) is 9.59 Å². The number of furan rings is 1. The van der Waals surface area contributed by atoms with Gasteiger partial charge in [-0.05, 0) is 24.6 Å².